The summed E-state index contributed by atoms with van der Waals surface area (Å²) in [4.78, 5) is 67.7. The van der Waals surface area contributed by atoms with E-state index in [2.05, 4.69) is 36.6 Å². The number of carbonyl (C=O) groups excluding carboxylic acids is 3. The van der Waals surface area contributed by atoms with Crippen LogP contribution >= 0.6 is 0 Å². The summed E-state index contributed by atoms with van der Waals surface area (Å²) in [5.74, 6) is -1.23. The van der Waals surface area contributed by atoms with Gasteiger partial charge in [-0.05, 0) is 131 Å². The molecule has 2 aromatic carbocycles. The first-order valence-electron chi connectivity index (χ1n) is 23.9. The van der Waals surface area contributed by atoms with Gasteiger partial charge in [-0.2, -0.15) is 0 Å². The van der Waals surface area contributed by atoms with Crippen molar-refractivity contribution in [3.63, 3.8) is 0 Å². The molecule has 12 nitrogen and oxygen atoms in total. The molecule has 6 aromatic rings. The molecule has 0 bridgehead atoms. The molecule has 13 heteroatoms. The Bertz CT molecular complexity index is 2660. The predicted molar refractivity (Wildman–Crippen MR) is 277 cm³/mol. The number of carboxylic acid groups (broad SMARTS) is 1. The van der Waals surface area contributed by atoms with Crippen LogP contribution in [0.1, 0.15) is 130 Å². The van der Waals surface area contributed by atoms with Crippen molar-refractivity contribution < 1.29 is 46.1 Å². The summed E-state index contributed by atoms with van der Waals surface area (Å²) in [5, 5.41) is 15.9. The zero-order valence-corrected chi connectivity index (χ0v) is 43.5. The van der Waals surface area contributed by atoms with Crippen LogP contribution in [0.2, 0.25) is 0 Å². The molecule has 0 aliphatic heterocycles. The Morgan fingerprint density at radius 2 is 0.971 bits per heavy atom. The number of benzene rings is 2. The molecule has 3 N–H and O–H groups in total. The van der Waals surface area contributed by atoms with Crippen LogP contribution in [0.25, 0.3) is 22.5 Å². The Kier molecular flexibility index (Phi) is 22.3. The minimum Gasteiger partial charge on any atom is -0.481 e. The molecule has 70 heavy (non-hydrogen) atoms. The molecule has 2 aliphatic rings. The summed E-state index contributed by atoms with van der Waals surface area (Å²) in [6.07, 6.45) is 11.0. The first kappa shape index (κ1) is 57.8. The van der Waals surface area contributed by atoms with Crippen molar-refractivity contribution in [2.45, 2.75) is 114 Å². The Morgan fingerprint density at radius 3 is 1.30 bits per heavy atom. The van der Waals surface area contributed by atoms with Crippen molar-refractivity contribution in [3.05, 3.63) is 151 Å². The van der Waals surface area contributed by atoms with Gasteiger partial charge in [0.2, 0.25) is 0 Å². The Morgan fingerprint density at radius 1 is 0.586 bits per heavy atom. The maximum absolute atomic E-state index is 13.4. The van der Waals surface area contributed by atoms with Crippen molar-refractivity contribution in [3.8, 4) is 22.5 Å². The first-order chi connectivity index (χ1) is 32.8. The molecule has 0 saturated heterocycles. The summed E-state index contributed by atoms with van der Waals surface area (Å²) < 4.78 is 5.13. The van der Waals surface area contributed by atoms with E-state index in [1.807, 2.05) is 134 Å². The largest absolute Gasteiger partial charge is 0.481 e. The molecular formula is C57H69FeN6O6-. The van der Waals surface area contributed by atoms with Crippen LogP contribution in [-0.2, 0) is 44.2 Å². The molecule has 372 valence electrons. The second-order valence-electron chi connectivity index (χ2n) is 16.7. The number of hydrogen-bond donors (Lipinski definition) is 3. The second kappa shape index (κ2) is 27.0. The normalized spacial score (nSPS) is 16.2. The number of aromatic nitrogens is 4. The number of carboxylic acids is 1. The number of fused-ring (bicyclic) bond motifs is 2. The molecule has 4 heterocycles. The smallest absolute Gasteiger partial charge is 0.306 e. The Hall–Kier alpha value is -6.56. The molecular weight excluding hydrogens is 921 g/mol. The van der Waals surface area contributed by atoms with Gasteiger partial charge in [-0.3, -0.25) is 39.1 Å². The number of aliphatic carboxylic acids is 1. The van der Waals surface area contributed by atoms with Crippen LogP contribution < -0.4 is 10.6 Å². The van der Waals surface area contributed by atoms with Crippen LogP contribution in [0.3, 0.4) is 0 Å². The van der Waals surface area contributed by atoms with Gasteiger partial charge in [-0.1, -0.05) is 65.8 Å². The second-order valence-corrected chi connectivity index (χ2v) is 16.7. The molecule has 2 unspecified atom stereocenters. The number of ether oxygens (including phenoxy) is 1. The zero-order chi connectivity index (χ0) is 49.4. The molecule has 8 rings (SSSR count). The molecule has 2 aliphatic carbocycles. The Labute approximate surface area is 425 Å². The third kappa shape index (κ3) is 14.0. The SMILES string of the molecule is CC.CC.CCC1(CC(=O)O)CCc2cc(-c3ccc(Nc4ccc(C)nc4)cn3)ccc2C1=O.CCOC(=O)CC1(CC)CCc2cc(-c3ccc(Nc4ccc(C)nc4)cn3)ccc2C1=O.[CH3-].[Fe]. The van der Waals surface area contributed by atoms with Crippen LogP contribution in [-0.4, -0.2) is 55.2 Å². The summed E-state index contributed by atoms with van der Waals surface area (Å²) in [5.41, 5.74) is 10.9. The molecule has 0 radical (unpaired) electrons. The average Bonchev–Trinajstić information content (AvgIpc) is 3.36. The number of rotatable bonds is 13. The minimum atomic E-state index is -0.922. The van der Waals surface area contributed by atoms with Crippen LogP contribution in [0.15, 0.2) is 110 Å². The molecule has 0 saturated carbocycles. The number of nitrogens with one attached hydrogen (secondary N) is 2. The van der Waals surface area contributed by atoms with E-state index in [9.17, 15) is 24.3 Å². The molecule has 0 spiro atoms. The van der Waals surface area contributed by atoms with E-state index in [0.29, 0.717) is 49.8 Å². The van der Waals surface area contributed by atoms with E-state index in [0.717, 1.165) is 74.2 Å². The van der Waals surface area contributed by atoms with E-state index in [1.54, 1.807) is 31.7 Å². The summed E-state index contributed by atoms with van der Waals surface area (Å²) in [6, 6.07) is 27.3. The standard InChI is InChI=1S/C27H29N3O3.C25H25N3O3.2C2H6.CH3.Fe/c1-4-27(15-25(31)33-5-2)13-12-19-14-20(7-10-23(19)26(27)32)24-11-9-22(17-29-24)30-21-8-6-18(3)28-16-21;1-3-25(13-23(29)30)11-10-17-12-18(5-8-21(17)24(25)31)22-9-7-20(15-27-22)28-19-6-4-16(2)26-14-19;2*1-2;;/h6-11,14,16-17,30H,4-5,12-13,15H2,1-3H3;4-9,12,14-15,28H,3,10-11,13H2,1-2H3,(H,29,30);2*1-2H3;1H3;/q;;;;-1;. The topological polar surface area (TPSA) is 173 Å². The van der Waals surface area contributed by atoms with Crippen molar-refractivity contribution >= 4 is 46.3 Å². The Balaban J connectivity index is 0.000000337. The summed E-state index contributed by atoms with van der Waals surface area (Å²) in [7, 11) is 0. The minimum absolute atomic E-state index is 0. The van der Waals surface area contributed by atoms with Crippen LogP contribution in [0, 0.1) is 32.1 Å². The maximum atomic E-state index is 13.4. The first-order valence-corrected chi connectivity index (χ1v) is 23.9. The quantitative estimate of drug-likeness (QED) is 0.0569. The van der Waals surface area contributed by atoms with Gasteiger partial charge in [0.25, 0.3) is 0 Å². The van der Waals surface area contributed by atoms with Crippen molar-refractivity contribution in [2.75, 3.05) is 17.2 Å². The summed E-state index contributed by atoms with van der Waals surface area (Å²) in [6.45, 7) is 17.9. The van der Waals surface area contributed by atoms with E-state index >= 15 is 0 Å². The molecule has 0 fully saturated rings. The van der Waals surface area contributed by atoms with Crippen molar-refractivity contribution in [1.82, 2.24) is 19.9 Å². The van der Waals surface area contributed by atoms with Crippen molar-refractivity contribution in [1.29, 1.82) is 0 Å². The number of esters is 1. The molecule has 4 aromatic heterocycles. The van der Waals surface area contributed by atoms with Crippen LogP contribution in [0.5, 0.6) is 0 Å². The summed E-state index contributed by atoms with van der Waals surface area (Å²) >= 11 is 0. The fourth-order valence-electron chi connectivity index (χ4n) is 8.64. The zero-order valence-electron chi connectivity index (χ0n) is 42.4. The number of pyridine rings is 4. The average molecular weight is 990 g/mol. The van der Waals surface area contributed by atoms with Gasteiger partial charge in [0.05, 0.1) is 78.4 Å². The maximum Gasteiger partial charge on any atom is 0.306 e. The number of anilines is 4. The van der Waals surface area contributed by atoms with E-state index in [-0.39, 0.29) is 54.9 Å². The van der Waals surface area contributed by atoms with Gasteiger partial charge in [-0.15, -0.1) is 0 Å². The number of ketones is 2. The number of aryl methyl sites for hydroxylation is 4. The van der Waals surface area contributed by atoms with E-state index in [1.165, 1.54) is 0 Å². The van der Waals surface area contributed by atoms with Gasteiger partial charge >= 0.3 is 11.9 Å². The number of Topliss-reactive ketones (excluding diaryl/α,β-unsaturated/α-hetero) is 2. The van der Waals surface area contributed by atoms with Gasteiger partial charge in [0, 0.05) is 61.5 Å². The molecule has 0 amide bonds. The number of nitrogens with zero attached hydrogens (tertiary/aromatic N) is 4. The van der Waals surface area contributed by atoms with Gasteiger partial charge in [-0.25, -0.2) is 0 Å². The fourth-order valence-corrected chi connectivity index (χ4v) is 8.64. The fraction of sp³-hybridized carbons (Fsp3) is 0.351. The monoisotopic (exact) mass is 989 g/mol. The van der Waals surface area contributed by atoms with Gasteiger partial charge in [0.15, 0.2) is 11.6 Å². The molecule has 2 atom stereocenters. The van der Waals surface area contributed by atoms with Gasteiger partial charge < -0.3 is 27.9 Å². The third-order valence-corrected chi connectivity index (χ3v) is 12.6. The predicted octanol–water partition coefficient (Wildman–Crippen LogP) is 13.4. The van der Waals surface area contributed by atoms with E-state index in [4.69, 9.17) is 4.74 Å². The van der Waals surface area contributed by atoms with E-state index < -0.39 is 16.8 Å². The third-order valence-electron chi connectivity index (χ3n) is 12.6. The van der Waals surface area contributed by atoms with Gasteiger partial charge in [0.1, 0.15) is 0 Å². The van der Waals surface area contributed by atoms with Crippen molar-refractivity contribution in [2.24, 2.45) is 10.8 Å². The number of hydrogen-bond acceptors (Lipinski definition) is 11. The van der Waals surface area contributed by atoms with Crippen LogP contribution in [0.4, 0.5) is 22.7 Å². The number of carbonyl (C=O) groups is 4.